The fraction of sp³-hybridized carbons (Fsp3) is 0.154. The third-order valence-corrected chi connectivity index (χ3v) is 5.75. The average molecular weight is 448 g/mol. The molecule has 5 rings (SSSR count). The van der Waals surface area contributed by atoms with Crippen molar-refractivity contribution < 1.29 is 17.6 Å². The van der Waals surface area contributed by atoms with Crippen molar-refractivity contribution in [1.29, 1.82) is 0 Å². The molecule has 0 saturated carbocycles. The summed E-state index contributed by atoms with van der Waals surface area (Å²) in [5, 5.41) is 0.612. The topological polar surface area (TPSA) is 48.0 Å². The van der Waals surface area contributed by atoms with Gasteiger partial charge in [0.1, 0.15) is 5.52 Å². The highest BCUT2D eigenvalue weighted by atomic mass is 19.4. The van der Waals surface area contributed by atoms with Crippen LogP contribution in [-0.4, -0.2) is 9.55 Å². The normalized spacial score (nSPS) is 12.2. The van der Waals surface area contributed by atoms with Crippen LogP contribution in [0.3, 0.4) is 0 Å². The van der Waals surface area contributed by atoms with Gasteiger partial charge in [0.25, 0.3) is 0 Å². The summed E-state index contributed by atoms with van der Waals surface area (Å²) in [6.45, 7) is 4.25. The van der Waals surface area contributed by atoms with Crippen molar-refractivity contribution in [2.45, 2.75) is 25.9 Å². The number of hydrogen-bond acceptors (Lipinski definition) is 3. The minimum Gasteiger partial charge on any atom is -0.406 e. The van der Waals surface area contributed by atoms with Gasteiger partial charge in [-0.15, -0.1) is 0 Å². The van der Waals surface area contributed by atoms with Crippen LogP contribution in [0.5, 0.6) is 0 Å². The van der Waals surface area contributed by atoms with Gasteiger partial charge in [-0.25, -0.2) is 9.36 Å². The molecule has 0 spiro atoms. The van der Waals surface area contributed by atoms with Crippen LogP contribution in [0.1, 0.15) is 30.9 Å². The van der Waals surface area contributed by atoms with Gasteiger partial charge in [0.05, 0.1) is 23.0 Å². The number of benzene rings is 3. The van der Waals surface area contributed by atoms with E-state index in [-0.39, 0.29) is 11.3 Å². The second-order valence-corrected chi connectivity index (χ2v) is 8.23. The average Bonchev–Trinajstić information content (AvgIpc) is 3.14. The molecule has 0 saturated heterocycles. The molecule has 2 heterocycles. The SMILES string of the molecule is CC(C)c1ccc(-c2ccc3ncc4oc(=O)n(-c5cccc(C(F)(F)F)c5)c4c3c2)cc1. The summed E-state index contributed by atoms with van der Waals surface area (Å²) in [6, 6.07) is 18.5. The summed E-state index contributed by atoms with van der Waals surface area (Å²) < 4.78 is 46.3. The van der Waals surface area contributed by atoms with E-state index < -0.39 is 17.5 Å². The number of alkyl halides is 3. The molecular formula is C26H19F3N2O2. The molecule has 0 aliphatic heterocycles. The first-order valence-electron chi connectivity index (χ1n) is 10.4. The number of pyridine rings is 1. The number of fused-ring (bicyclic) bond motifs is 3. The van der Waals surface area contributed by atoms with Gasteiger partial charge >= 0.3 is 11.9 Å². The van der Waals surface area contributed by atoms with Gasteiger partial charge in [-0.3, -0.25) is 4.98 Å². The van der Waals surface area contributed by atoms with Crippen LogP contribution >= 0.6 is 0 Å². The van der Waals surface area contributed by atoms with E-state index in [2.05, 4.69) is 31.0 Å². The molecule has 166 valence electrons. The van der Waals surface area contributed by atoms with Crippen molar-refractivity contribution in [2.75, 3.05) is 0 Å². The lowest BCUT2D eigenvalue weighted by Gasteiger charge is -2.11. The van der Waals surface area contributed by atoms with Crippen LogP contribution in [0.4, 0.5) is 13.2 Å². The summed E-state index contributed by atoms with van der Waals surface area (Å²) in [5.74, 6) is -0.363. The minimum atomic E-state index is -4.53. The number of rotatable bonds is 3. The molecule has 0 radical (unpaired) electrons. The molecule has 0 N–H and O–H groups in total. The standard InChI is InChI=1S/C26H19F3N2O2/c1-15(2)16-6-8-17(9-7-16)18-10-11-22-21(12-18)24-23(14-30-22)33-25(32)31(24)20-5-3-4-19(13-20)26(27,28)29/h3-15H,1-2H3. The molecule has 4 nitrogen and oxygen atoms in total. The minimum absolute atomic E-state index is 0.0766. The summed E-state index contributed by atoms with van der Waals surface area (Å²) in [4.78, 5) is 17.0. The van der Waals surface area contributed by atoms with E-state index in [1.165, 1.54) is 28.5 Å². The van der Waals surface area contributed by atoms with Gasteiger partial charge in [0.2, 0.25) is 0 Å². The maximum atomic E-state index is 13.3. The maximum Gasteiger partial charge on any atom is 0.424 e. The Bertz CT molecular complexity index is 1540. The monoisotopic (exact) mass is 448 g/mol. The summed E-state index contributed by atoms with van der Waals surface area (Å²) in [6.07, 6.45) is -3.11. The lowest BCUT2D eigenvalue weighted by molar-refractivity contribution is -0.137. The summed E-state index contributed by atoms with van der Waals surface area (Å²) in [5.41, 5.74) is 3.52. The van der Waals surface area contributed by atoms with Crippen LogP contribution in [0, 0.1) is 0 Å². The second-order valence-electron chi connectivity index (χ2n) is 8.23. The second kappa shape index (κ2) is 7.62. The van der Waals surface area contributed by atoms with Gasteiger partial charge in [0, 0.05) is 5.39 Å². The highest BCUT2D eigenvalue weighted by molar-refractivity contribution is 6.03. The Morgan fingerprint density at radius 3 is 2.36 bits per heavy atom. The fourth-order valence-corrected chi connectivity index (χ4v) is 3.99. The van der Waals surface area contributed by atoms with Gasteiger partial charge in [0.15, 0.2) is 5.58 Å². The first-order valence-corrected chi connectivity index (χ1v) is 10.4. The Labute approximate surface area is 186 Å². The molecule has 0 atom stereocenters. The molecule has 0 unspecified atom stereocenters. The Morgan fingerprint density at radius 1 is 0.939 bits per heavy atom. The molecule has 7 heteroatoms. The first-order chi connectivity index (χ1) is 15.7. The Hall–Kier alpha value is -3.87. The molecule has 5 aromatic rings. The Balaban J connectivity index is 1.74. The lowest BCUT2D eigenvalue weighted by atomic mass is 9.98. The predicted octanol–water partition coefficient (Wildman–Crippen LogP) is 6.94. The third kappa shape index (κ3) is 3.69. The first kappa shape index (κ1) is 21.0. The van der Waals surface area contributed by atoms with Crippen molar-refractivity contribution >= 4 is 22.0 Å². The van der Waals surface area contributed by atoms with Crippen LogP contribution < -0.4 is 5.76 Å². The molecule has 0 aliphatic rings. The zero-order valence-electron chi connectivity index (χ0n) is 17.9. The zero-order chi connectivity index (χ0) is 23.3. The number of hydrogen-bond donors (Lipinski definition) is 0. The van der Waals surface area contributed by atoms with Crippen molar-refractivity contribution in [3.8, 4) is 16.8 Å². The third-order valence-electron chi connectivity index (χ3n) is 5.75. The molecule has 0 aliphatic carbocycles. The van der Waals surface area contributed by atoms with Gasteiger partial charge in [-0.2, -0.15) is 13.2 Å². The summed E-state index contributed by atoms with van der Waals surface area (Å²) in [7, 11) is 0. The fourth-order valence-electron chi connectivity index (χ4n) is 3.99. The molecule has 0 fully saturated rings. The van der Waals surface area contributed by atoms with Crippen LogP contribution in [0.2, 0.25) is 0 Å². The number of halogens is 3. The van der Waals surface area contributed by atoms with Gasteiger partial charge in [-0.1, -0.05) is 50.2 Å². The van der Waals surface area contributed by atoms with E-state index in [0.29, 0.717) is 22.3 Å². The van der Waals surface area contributed by atoms with Crippen LogP contribution in [0.15, 0.2) is 82.1 Å². The molecular weight excluding hydrogens is 429 g/mol. The number of nitrogens with zero attached hydrogens (tertiary/aromatic N) is 2. The van der Waals surface area contributed by atoms with Crippen molar-refractivity contribution in [3.63, 3.8) is 0 Å². The lowest BCUT2D eigenvalue weighted by Crippen LogP contribution is -2.13. The van der Waals surface area contributed by atoms with Crippen molar-refractivity contribution in [2.24, 2.45) is 0 Å². The largest absolute Gasteiger partial charge is 0.424 e. The summed E-state index contributed by atoms with van der Waals surface area (Å²) >= 11 is 0. The van der Waals surface area contributed by atoms with Crippen molar-refractivity contribution in [3.05, 3.63) is 94.6 Å². The zero-order valence-corrected chi connectivity index (χ0v) is 17.9. The smallest absolute Gasteiger partial charge is 0.406 e. The molecule has 33 heavy (non-hydrogen) atoms. The van der Waals surface area contributed by atoms with E-state index >= 15 is 0 Å². The van der Waals surface area contributed by atoms with E-state index in [4.69, 9.17) is 4.42 Å². The van der Waals surface area contributed by atoms with Gasteiger partial charge < -0.3 is 4.42 Å². The Kier molecular flexibility index (Phi) is 4.85. The van der Waals surface area contributed by atoms with E-state index in [0.717, 1.165) is 23.3 Å². The molecule has 2 aromatic heterocycles. The number of aromatic nitrogens is 2. The Morgan fingerprint density at radius 2 is 1.67 bits per heavy atom. The van der Waals surface area contributed by atoms with Crippen LogP contribution in [0.25, 0.3) is 38.8 Å². The van der Waals surface area contributed by atoms with Crippen LogP contribution in [-0.2, 0) is 6.18 Å². The highest BCUT2D eigenvalue weighted by Gasteiger charge is 2.31. The molecule has 3 aromatic carbocycles. The van der Waals surface area contributed by atoms with E-state index in [9.17, 15) is 18.0 Å². The van der Waals surface area contributed by atoms with Gasteiger partial charge in [-0.05, 0) is 52.9 Å². The molecule has 0 bridgehead atoms. The quantitative estimate of drug-likeness (QED) is 0.300. The van der Waals surface area contributed by atoms with Crippen molar-refractivity contribution in [1.82, 2.24) is 9.55 Å². The molecule has 0 amide bonds. The predicted molar refractivity (Wildman–Crippen MR) is 122 cm³/mol. The highest BCUT2D eigenvalue weighted by Crippen LogP contribution is 2.33. The van der Waals surface area contributed by atoms with E-state index in [1.807, 2.05) is 30.3 Å². The van der Waals surface area contributed by atoms with E-state index in [1.54, 1.807) is 0 Å². The maximum absolute atomic E-state index is 13.3. The number of oxazole rings is 1.